The van der Waals surface area contributed by atoms with Crippen molar-refractivity contribution in [2.24, 2.45) is 10.9 Å². The van der Waals surface area contributed by atoms with E-state index in [4.69, 9.17) is 20.4 Å². The molecule has 1 aliphatic rings. The average Bonchev–Trinajstić information content (AvgIpc) is 2.62. The zero-order valence-corrected chi connectivity index (χ0v) is 9.93. The third-order valence-electron chi connectivity index (χ3n) is 2.57. The van der Waals surface area contributed by atoms with Gasteiger partial charge in [-0.05, 0) is 13.8 Å². The first-order valence-corrected chi connectivity index (χ1v) is 5.63. The fraction of sp³-hybridized carbons (Fsp3) is 0.900. The van der Waals surface area contributed by atoms with Gasteiger partial charge in [0.2, 0.25) is 0 Å². The lowest BCUT2D eigenvalue weighted by atomic mass is 10.2. The molecule has 0 unspecified atom stereocenters. The Morgan fingerprint density at radius 2 is 1.81 bits per heavy atom. The van der Waals surface area contributed by atoms with Gasteiger partial charge in [-0.3, -0.25) is 4.90 Å². The van der Waals surface area contributed by atoms with Crippen molar-refractivity contribution in [3.63, 3.8) is 0 Å². The number of likely N-dealkylation sites (tertiary alicyclic amines) is 1. The monoisotopic (exact) mass is 231 g/mol. The van der Waals surface area contributed by atoms with E-state index < -0.39 is 0 Å². The second kappa shape index (κ2) is 6.67. The third kappa shape index (κ3) is 3.62. The van der Waals surface area contributed by atoms with Gasteiger partial charge >= 0.3 is 0 Å². The number of amidine groups is 1. The van der Waals surface area contributed by atoms with Gasteiger partial charge in [0.25, 0.3) is 0 Å². The van der Waals surface area contributed by atoms with Crippen LogP contribution in [0.3, 0.4) is 0 Å². The fourth-order valence-electron chi connectivity index (χ4n) is 1.96. The quantitative estimate of drug-likeness (QED) is 0.288. The van der Waals surface area contributed by atoms with Crippen molar-refractivity contribution in [2.45, 2.75) is 26.1 Å². The van der Waals surface area contributed by atoms with Crippen molar-refractivity contribution >= 4 is 5.84 Å². The highest BCUT2D eigenvalue weighted by Gasteiger charge is 2.33. The molecule has 1 fully saturated rings. The van der Waals surface area contributed by atoms with Crippen LogP contribution >= 0.6 is 0 Å². The average molecular weight is 231 g/mol. The normalized spacial score (nSPS) is 27.5. The molecule has 1 rings (SSSR count). The van der Waals surface area contributed by atoms with Crippen molar-refractivity contribution in [1.29, 1.82) is 0 Å². The van der Waals surface area contributed by atoms with Gasteiger partial charge in [0.1, 0.15) is 0 Å². The van der Waals surface area contributed by atoms with Crippen LogP contribution in [0, 0.1) is 0 Å². The summed E-state index contributed by atoms with van der Waals surface area (Å²) in [6, 6.07) is 0. The van der Waals surface area contributed by atoms with Crippen molar-refractivity contribution in [1.82, 2.24) is 4.90 Å². The summed E-state index contributed by atoms with van der Waals surface area (Å²) in [4.78, 5) is 2.07. The maximum Gasteiger partial charge on any atom is 0.153 e. The number of nitrogens with two attached hydrogens (primary N) is 1. The Kier molecular flexibility index (Phi) is 5.51. The predicted molar refractivity (Wildman–Crippen MR) is 60.7 cm³/mol. The fourth-order valence-corrected chi connectivity index (χ4v) is 1.96. The number of nitrogens with zero attached hydrogens (tertiary/aromatic N) is 2. The number of hydrogen-bond acceptors (Lipinski definition) is 5. The molecule has 0 aromatic heterocycles. The highest BCUT2D eigenvalue weighted by atomic mass is 16.5. The molecule has 2 atom stereocenters. The molecule has 6 nitrogen and oxygen atoms in total. The second-order valence-corrected chi connectivity index (χ2v) is 3.77. The molecule has 1 saturated heterocycles. The molecule has 0 aliphatic carbocycles. The number of oxime groups is 1. The Balaban J connectivity index is 2.47. The van der Waals surface area contributed by atoms with Gasteiger partial charge in [0.05, 0.1) is 18.8 Å². The summed E-state index contributed by atoms with van der Waals surface area (Å²) in [6.45, 7) is 7.24. The Labute approximate surface area is 96.0 Å². The van der Waals surface area contributed by atoms with Gasteiger partial charge in [0, 0.05) is 26.3 Å². The minimum atomic E-state index is 0.0800. The molecular weight excluding hydrogens is 210 g/mol. The van der Waals surface area contributed by atoms with Crippen LogP contribution in [0.1, 0.15) is 13.8 Å². The minimum Gasteiger partial charge on any atom is -0.409 e. The largest absolute Gasteiger partial charge is 0.409 e. The van der Waals surface area contributed by atoms with Crippen LogP contribution < -0.4 is 5.73 Å². The lowest BCUT2D eigenvalue weighted by Crippen LogP contribution is -2.33. The standard InChI is InChI=1S/C10H21N3O3/c1-3-15-8-5-13(7-10(11)12-14)6-9(8)16-4-2/h8-9,14H,3-7H2,1-2H3,(H2,11,12)/t8-,9+. The van der Waals surface area contributed by atoms with E-state index in [2.05, 4.69) is 10.1 Å². The lowest BCUT2D eigenvalue weighted by Gasteiger charge is -2.17. The van der Waals surface area contributed by atoms with Crippen LogP contribution in [0.15, 0.2) is 5.16 Å². The summed E-state index contributed by atoms with van der Waals surface area (Å²) in [6.07, 6.45) is 0.160. The van der Waals surface area contributed by atoms with Crippen molar-refractivity contribution in [3.05, 3.63) is 0 Å². The molecule has 0 aromatic carbocycles. The van der Waals surface area contributed by atoms with E-state index in [1.165, 1.54) is 0 Å². The van der Waals surface area contributed by atoms with Crippen LogP contribution in [0.4, 0.5) is 0 Å². The topological polar surface area (TPSA) is 80.3 Å². The highest BCUT2D eigenvalue weighted by Crippen LogP contribution is 2.16. The Bertz CT molecular complexity index is 221. The van der Waals surface area contributed by atoms with E-state index in [0.717, 1.165) is 13.1 Å². The summed E-state index contributed by atoms with van der Waals surface area (Å²) in [5.41, 5.74) is 5.47. The third-order valence-corrected chi connectivity index (χ3v) is 2.57. The van der Waals surface area contributed by atoms with E-state index in [9.17, 15) is 0 Å². The van der Waals surface area contributed by atoms with Crippen molar-refractivity contribution in [2.75, 3.05) is 32.8 Å². The first kappa shape index (κ1) is 13.2. The van der Waals surface area contributed by atoms with Gasteiger partial charge in [-0.25, -0.2) is 0 Å². The van der Waals surface area contributed by atoms with Crippen LogP contribution in [0.5, 0.6) is 0 Å². The van der Waals surface area contributed by atoms with Gasteiger partial charge < -0.3 is 20.4 Å². The van der Waals surface area contributed by atoms with Gasteiger partial charge in [-0.2, -0.15) is 0 Å². The molecule has 1 aliphatic heterocycles. The van der Waals surface area contributed by atoms with Crippen LogP contribution in [-0.4, -0.2) is 61.0 Å². The zero-order chi connectivity index (χ0) is 12.0. The molecule has 0 aromatic rings. The summed E-state index contributed by atoms with van der Waals surface area (Å²) in [5.74, 6) is 0.215. The first-order chi connectivity index (χ1) is 7.71. The van der Waals surface area contributed by atoms with Crippen LogP contribution in [0.2, 0.25) is 0 Å². The zero-order valence-electron chi connectivity index (χ0n) is 9.93. The molecule has 0 spiro atoms. The van der Waals surface area contributed by atoms with Crippen LogP contribution in [-0.2, 0) is 9.47 Å². The van der Waals surface area contributed by atoms with Gasteiger partial charge in [-0.1, -0.05) is 5.16 Å². The molecule has 0 radical (unpaired) electrons. The summed E-state index contributed by atoms with van der Waals surface area (Å²) in [7, 11) is 0. The SMILES string of the molecule is CCO[C@H]1CN(CC(N)=NO)C[C@H]1OCC. The Morgan fingerprint density at radius 1 is 1.31 bits per heavy atom. The first-order valence-electron chi connectivity index (χ1n) is 5.63. The van der Waals surface area contributed by atoms with Gasteiger partial charge in [0.15, 0.2) is 5.84 Å². The van der Waals surface area contributed by atoms with E-state index in [1.807, 2.05) is 13.8 Å². The van der Waals surface area contributed by atoms with Crippen molar-refractivity contribution < 1.29 is 14.7 Å². The van der Waals surface area contributed by atoms with E-state index in [1.54, 1.807) is 0 Å². The molecule has 3 N–H and O–H groups in total. The molecule has 94 valence electrons. The summed E-state index contributed by atoms with van der Waals surface area (Å²) < 4.78 is 11.2. The Morgan fingerprint density at radius 3 is 2.19 bits per heavy atom. The molecule has 0 amide bonds. The van der Waals surface area contributed by atoms with Crippen LogP contribution in [0.25, 0.3) is 0 Å². The minimum absolute atomic E-state index is 0.0800. The molecule has 16 heavy (non-hydrogen) atoms. The molecule has 1 heterocycles. The molecule has 6 heteroatoms. The maximum atomic E-state index is 8.51. The second-order valence-electron chi connectivity index (χ2n) is 3.77. The van der Waals surface area contributed by atoms with E-state index in [-0.39, 0.29) is 18.0 Å². The smallest absolute Gasteiger partial charge is 0.153 e. The number of ether oxygens (including phenoxy) is 2. The maximum absolute atomic E-state index is 8.51. The predicted octanol–water partition coefficient (Wildman–Crippen LogP) is -0.141. The molecule has 0 saturated carbocycles. The van der Waals surface area contributed by atoms with Gasteiger partial charge in [-0.15, -0.1) is 0 Å². The number of rotatable bonds is 6. The van der Waals surface area contributed by atoms with E-state index in [0.29, 0.717) is 19.8 Å². The number of hydrogen-bond donors (Lipinski definition) is 2. The lowest BCUT2D eigenvalue weighted by molar-refractivity contribution is -0.0388. The molecule has 0 bridgehead atoms. The Hall–Kier alpha value is -0.850. The molecular formula is C10H21N3O3. The summed E-state index contributed by atoms with van der Waals surface area (Å²) >= 11 is 0. The van der Waals surface area contributed by atoms with Crippen molar-refractivity contribution in [3.8, 4) is 0 Å². The summed E-state index contributed by atoms with van der Waals surface area (Å²) in [5, 5.41) is 11.5. The van der Waals surface area contributed by atoms with E-state index >= 15 is 0 Å². The highest BCUT2D eigenvalue weighted by molar-refractivity contribution is 5.81.